The third-order valence-electron chi connectivity index (χ3n) is 1.77. The van der Waals surface area contributed by atoms with Gasteiger partial charge in [-0.05, 0) is 18.6 Å². The van der Waals surface area contributed by atoms with Crippen molar-refractivity contribution >= 4 is 0 Å². The second kappa shape index (κ2) is 4.28. The van der Waals surface area contributed by atoms with E-state index in [-0.39, 0.29) is 6.04 Å². The molecule has 0 saturated heterocycles. The van der Waals surface area contributed by atoms with Crippen molar-refractivity contribution in [1.29, 1.82) is 0 Å². The maximum Gasteiger partial charge on any atom is 0.129 e. The van der Waals surface area contributed by atoms with Crippen LogP contribution in [0.25, 0.3) is 0 Å². The van der Waals surface area contributed by atoms with E-state index in [2.05, 4.69) is 0 Å². The Kier molecular flexibility index (Phi) is 3.31. The van der Waals surface area contributed by atoms with Crippen LogP contribution in [0, 0.1) is 0 Å². The molecule has 0 saturated carbocycles. The SMILES string of the molecule is CC[C@@H](N)c1ccc(COC)o1. The van der Waals surface area contributed by atoms with Crippen LogP contribution in [-0.4, -0.2) is 7.11 Å². The van der Waals surface area contributed by atoms with E-state index in [1.165, 1.54) is 0 Å². The summed E-state index contributed by atoms with van der Waals surface area (Å²) in [4.78, 5) is 0. The summed E-state index contributed by atoms with van der Waals surface area (Å²) in [6.07, 6.45) is 0.889. The fourth-order valence-corrected chi connectivity index (χ4v) is 1.01. The van der Waals surface area contributed by atoms with Crippen LogP contribution in [-0.2, 0) is 11.3 Å². The molecule has 0 aliphatic rings. The largest absolute Gasteiger partial charge is 0.462 e. The monoisotopic (exact) mass is 169 g/mol. The van der Waals surface area contributed by atoms with Crippen molar-refractivity contribution < 1.29 is 9.15 Å². The molecule has 1 aromatic heterocycles. The van der Waals surface area contributed by atoms with Crippen molar-refractivity contribution in [2.45, 2.75) is 26.0 Å². The van der Waals surface area contributed by atoms with E-state index < -0.39 is 0 Å². The Labute approximate surface area is 72.5 Å². The molecule has 12 heavy (non-hydrogen) atoms. The number of nitrogens with two attached hydrogens (primary N) is 1. The van der Waals surface area contributed by atoms with Crippen LogP contribution in [0.5, 0.6) is 0 Å². The maximum atomic E-state index is 5.77. The molecule has 0 fully saturated rings. The summed E-state index contributed by atoms with van der Waals surface area (Å²) in [5.74, 6) is 1.67. The van der Waals surface area contributed by atoms with Crippen molar-refractivity contribution in [3.05, 3.63) is 23.7 Å². The predicted octanol–water partition coefficient (Wildman–Crippen LogP) is 1.84. The normalized spacial score (nSPS) is 13.2. The Morgan fingerprint density at radius 1 is 1.58 bits per heavy atom. The topological polar surface area (TPSA) is 48.4 Å². The van der Waals surface area contributed by atoms with Crippen LogP contribution in [0.2, 0.25) is 0 Å². The molecule has 2 N–H and O–H groups in total. The van der Waals surface area contributed by atoms with Crippen molar-refractivity contribution in [2.75, 3.05) is 7.11 Å². The first-order chi connectivity index (χ1) is 5.77. The minimum Gasteiger partial charge on any atom is -0.462 e. The summed E-state index contributed by atoms with van der Waals surface area (Å²) in [5.41, 5.74) is 5.77. The molecule has 3 heteroatoms. The number of methoxy groups -OCH3 is 1. The Morgan fingerprint density at radius 2 is 2.33 bits per heavy atom. The van der Waals surface area contributed by atoms with Gasteiger partial charge in [-0.2, -0.15) is 0 Å². The molecule has 0 spiro atoms. The maximum absolute atomic E-state index is 5.77. The summed E-state index contributed by atoms with van der Waals surface area (Å²) >= 11 is 0. The highest BCUT2D eigenvalue weighted by molar-refractivity contribution is 5.09. The number of rotatable bonds is 4. The predicted molar refractivity (Wildman–Crippen MR) is 46.6 cm³/mol. The summed E-state index contributed by atoms with van der Waals surface area (Å²) in [5, 5.41) is 0. The molecule has 0 amide bonds. The van der Waals surface area contributed by atoms with Crippen LogP contribution >= 0.6 is 0 Å². The van der Waals surface area contributed by atoms with Crippen LogP contribution in [0.3, 0.4) is 0 Å². The van der Waals surface area contributed by atoms with E-state index in [0.717, 1.165) is 17.9 Å². The molecule has 3 nitrogen and oxygen atoms in total. The lowest BCUT2D eigenvalue weighted by Gasteiger charge is -2.03. The molecule has 1 heterocycles. The molecule has 0 bridgehead atoms. The van der Waals surface area contributed by atoms with Crippen LogP contribution < -0.4 is 5.73 Å². The highest BCUT2D eigenvalue weighted by atomic mass is 16.5. The molecule has 0 aromatic carbocycles. The summed E-state index contributed by atoms with van der Waals surface area (Å²) in [7, 11) is 1.64. The van der Waals surface area contributed by atoms with Gasteiger partial charge in [-0.25, -0.2) is 0 Å². The van der Waals surface area contributed by atoms with Crippen LogP contribution in [0.1, 0.15) is 30.9 Å². The van der Waals surface area contributed by atoms with Crippen molar-refractivity contribution in [1.82, 2.24) is 0 Å². The van der Waals surface area contributed by atoms with Gasteiger partial charge in [-0.15, -0.1) is 0 Å². The van der Waals surface area contributed by atoms with Gasteiger partial charge < -0.3 is 14.9 Å². The smallest absolute Gasteiger partial charge is 0.129 e. The molecular weight excluding hydrogens is 154 g/mol. The molecule has 0 unspecified atom stereocenters. The number of ether oxygens (including phenoxy) is 1. The number of furan rings is 1. The second-order valence-corrected chi connectivity index (χ2v) is 2.75. The van der Waals surface area contributed by atoms with E-state index in [1.54, 1.807) is 7.11 Å². The minimum atomic E-state index is 0.00982. The van der Waals surface area contributed by atoms with Gasteiger partial charge in [0.15, 0.2) is 0 Å². The zero-order valence-corrected chi connectivity index (χ0v) is 7.54. The Balaban J connectivity index is 2.63. The van der Waals surface area contributed by atoms with Gasteiger partial charge >= 0.3 is 0 Å². The van der Waals surface area contributed by atoms with Crippen LogP contribution in [0.4, 0.5) is 0 Å². The van der Waals surface area contributed by atoms with Gasteiger partial charge in [0.25, 0.3) is 0 Å². The fraction of sp³-hybridized carbons (Fsp3) is 0.556. The molecule has 0 aliphatic heterocycles. The lowest BCUT2D eigenvalue weighted by molar-refractivity contribution is 0.162. The van der Waals surface area contributed by atoms with Crippen LogP contribution in [0.15, 0.2) is 16.5 Å². The lowest BCUT2D eigenvalue weighted by atomic mass is 10.2. The molecule has 68 valence electrons. The van der Waals surface area contributed by atoms with Crippen molar-refractivity contribution in [2.24, 2.45) is 5.73 Å². The van der Waals surface area contributed by atoms with Gasteiger partial charge in [0.05, 0.1) is 6.04 Å². The standard InChI is InChI=1S/C9H15NO2/c1-3-8(10)9-5-4-7(12-9)6-11-2/h4-5,8H,3,6,10H2,1-2H3/t8-/m1/s1. The average Bonchev–Trinajstić information content (AvgIpc) is 2.52. The van der Waals surface area contributed by atoms with E-state index in [0.29, 0.717) is 6.61 Å². The first-order valence-electron chi connectivity index (χ1n) is 4.11. The van der Waals surface area contributed by atoms with E-state index in [9.17, 15) is 0 Å². The number of hydrogen-bond acceptors (Lipinski definition) is 3. The van der Waals surface area contributed by atoms with E-state index in [1.807, 2.05) is 19.1 Å². The molecule has 1 atom stereocenters. The Bertz CT molecular complexity index is 232. The van der Waals surface area contributed by atoms with Gasteiger partial charge in [0, 0.05) is 7.11 Å². The highest BCUT2D eigenvalue weighted by Crippen LogP contribution is 2.17. The summed E-state index contributed by atoms with van der Waals surface area (Å²) in [6.45, 7) is 2.54. The van der Waals surface area contributed by atoms with Gasteiger partial charge in [0.2, 0.25) is 0 Å². The van der Waals surface area contributed by atoms with Crippen molar-refractivity contribution in [3.8, 4) is 0 Å². The zero-order chi connectivity index (χ0) is 8.97. The average molecular weight is 169 g/mol. The third kappa shape index (κ3) is 2.09. The molecule has 1 aromatic rings. The first-order valence-corrected chi connectivity index (χ1v) is 4.11. The Hall–Kier alpha value is -0.800. The Morgan fingerprint density at radius 3 is 2.92 bits per heavy atom. The van der Waals surface area contributed by atoms with Crippen molar-refractivity contribution in [3.63, 3.8) is 0 Å². The third-order valence-corrected chi connectivity index (χ3v) is 1.77. The molecule has 0 aliphatic carbocycles. The van der Waals surface area contributed by atoms with Gasteiger partial charge in [0.1, 0.15) is 18.1 Å². The fourth-order valence-electron chi connectivity index (χ4n) is 1.01. The first kappa shape index (κ1) is 9.29. The minimum absolute atomic E-state index is 0.00982. The van der Waals surface area contributed by atoms with E-state index in [4.69, 9.17) is 14.9 Å². The summed E-state index contributed by atoms with van der Waals surface area (Å²) < 4.78 is 10.3. The summed E-state index contributed by atoms with van der Waals surface area (Å²) in [6, 6.07) is 3.81. The van der Waals surface area contributed by atoms with Gasteiger partial charge in [-0.3, -0.25) is 0 Å². The second-order valence-electron chi connectivity index (χ2n) is 2.75. The zero-order valence-electron chi connectivity index (χ0n) is 7.54. The van der Waals surface area contributed by atoms with Gasteiger partial charge in [-0.1, -0.05) is 6.92 Å². The highest BCUT2D eigenvalue weighted by Gasteiger charge is 2.07. The molecular formula is C9H15NO2. The molecule has 0 radical (unpaired) electrons. The quantitative estimate of drug-likeness (QED) is 0.748. The molecule has 1 rings (SSSR count). The van der Waals surface area contributed by atoms with E-state index >= 15 is 0 Å². The lowest BCUT2D eigenvalue weighted by Crippen LogP contribution is -2.06. The number of hydrogen-bond donors (Lipinski definition) is 1.